The first kappa shape index (κ1) is 18.0. The summed E-state index contributed by atoms with van der Waals surface area (Å²) in [5, 5.41) is 6.13. The van der Waals surface area contributed by atoms with Gasteiger partial charge in [-0.1, -0.05) is 46.8 Å². The Morgan fingerprint density at radius 2 is 1.67 bits per heavy atom. The normalized spacial score (nSPS) is 11.4. The van der Waals surface area contributed by atoms with E-state index < -0.39 is 0 Å². The first-order valence-corrected chi connectivity index (χ1v) is 8.37. The lowest BCUT2D eigenvalue weighted by atomic mass is 9.87. The Balaban J connectivity index is 1.97. The van der Waals surface area contributed by atoms with E-state index in [1.54, 1.807) is 6.20 Å². The van der Waals surface area contributed by atoms with Crippen molar-refractivity contribution in [2.24, 2.45) is 5.92 Å². The van der Waals surface area contributed by atoms with Crippen LogP contribution in [-0.4, -0.2) is 10.9 Å². The Hall–Kier alpha value is -2.36. The molecule has 128 valence electrons. The SMILES string of the molecule is CC(C)CC(=O)Nc1ccc(Nc2ccc(C(C)(C)C)cc2)cn1. The summed E-state index contributed by atoms with van der Waals surface area (Å²) in [6.07, 6.45) is 2.23. The van der Waals surface area contributed by atoms with E-state index in [9.17, 15) is 4.79 Å². The van der Waals surface area contributed by atoms with Gasteiger partial charge in [0.15, 0.2) is 0 Å². The van der Waals surface area contributed by atoms with Crippen molar-refractivity contribution in [3.05, 3.63) is 48.2 Å². The minimum Gasteiger partial charge on any atom is -0.354 e. The standard InChI is InChI=1S/C20H27N3O/c1-14(2)12-19(24)23-18-11-10-17(13-21-18)22-16-8-6-15(7-9-16)20(3,4)5/h6-11,13-14,22H,12H2,1-5H3,(H,21,23,24). The van der Waals surface area contributed by atoms with E-state index >= 15 is 0 Å². The number of benzene rings is 1. The number of hydrogen-bond donors (Lipinski definition) is 2. The molecule has 1 aromatic heterocycles. The smallest absolute Gasteiger partial charge is 0.225 e. The largest absolute Gasteiger partial charge is 0.354 e. The zero-order valence-corrected chi connectivity index (χ0v) is 15.2. The highest BCUT2D eigenvalue weighted by Gasteiger charge is 2.12. The second-order valence-electron chi connectivity index (χ2n) is 7.53. The van der Waals surface area contributed by atoms with E-state index in [2.05, 4.69) is 60.7 Å². The summed E-state index contributed by atoms with van der Waals surface area (Å²) in [6.45, 7) is 10.6. The highest BCUT2D eigenvalue weighted by atomic mass is 16.1. The van der Waals surface area contributed by atoms with Crippen LogP contribution in [-0.2, 0) is 10.2 Å². The van der Waals surface area contributed by atoms with Crippen molar-refractivity contribution in [2.75, 3.05) is 10.6 Å². The van der Waals surface area contributed by atoms with Gasteiger partial charge in [0.25, 0.3) is 0 Å². The van der Waals surface area contributed by atoms with E-state index in [0.717, 1.165) is 11.4 Å². The summed E-state index contributed by atoms with van der Waals surface area (Å²) >= 11 is 0. The van der Waals surface area contributed by atoms with Gasteiger partial charge in [-0.25, -0.2) is 4.98 Å². The number of pyridine rings is 1. The van der Waals surface area contributed by atoms with Gasteiger partial charge in [-0.15, -0.1) is 0 Å². The van der Waals surface area contributed by atoms with Crippen LogP contribution in [0.4, 0.5) is 17.2 Å². The molecule has 0 unspecified atom stereocenters. The van der Waals surface area contributed by atoms with Crippen molar-refractivity contribution >= 4 is 23.1 Å². The molecule has 0 bridgehead atoms. The van der Waals surface area contributed by atoms with Crippen molar-refractivity contribution in [1.82, 2.24) is 4.98 Å². The van der Waals surface area contributed by atoms with Gasteiger partial charge < -0.3 is 10.6 Å². The van der Waals surface area contributed by atoms with Crippen LogP contribution >= 0.6 is 0 Å². The Bertz CT molecular complexity index is 668. The van der Waals surface area contributed by atoms with Crippen LogP contribution < -0.4 is 10.6 Å². The van der Waals surface area contributed by atoms with Gasteiger partial charge in [-0.2, -0.15) is 0 Å². The van der Waals surface area contributed by atoms with Crippen molar-refractivity contribution < 1.29 is 4.79 Å². The van der Waals surface area contributed by atoms with Crippen LogP contribution in [0.3, 0.4) is 0 Å². The van der Waals surface area contributed by atoms with Gasteiger partial charge in [-0.05, 0) is 41.2 Å². The first-order valence-electron chi connectivity index (χ1n) is 8.37. The molecule has 0 atom stereocenters. The summed E-state index contributed by atoms with van der Waals surface area (Å²) in [6, 6.07) is 12.1. The highest BCUT2D eigenvalue weighted by Crippen LogP contribution is 2.25. The van der Waals surface area contributed by atoms with Crippen LogP contribution in [0.1, 0.15) is 46.6 Å². The summed E-state index contributed by atoms with van der Waals surface area (Å²) in [5.41, 5.74) is 3.35. The number of rotatable bonds is 5. The van der Waals surface area contributed by atoms with E-state index in [1.807, 2.05) is 26.0 Å². The Labute approximate surface area is 144 Å². The van der Waals surface area contributed by atoms with Gasteiger partial charge in [-0.3, -0.25) is 4.79 Å². The van der Waals surface area contributed by atoms with Crippen LogP contribution in [0.2, 0.25) is 0 Å². The molecule has 4 nitrogen and oxygen atoms in total. The second-order valence-corrected chi connectivity index (χ2v) is 7.53. The van der Waals surface area contributed by atoms with Gasteiger partial charge in [0, 0.05) is 12.1 Å². The number of amides is 1. The van der Waals surface area contributed by atoms with Crippen molar-refractivity contribution in [2.45, 2.75) is 46.5 Å². The maximum absolute atomic E-state index is 11.7. The van der Waals surface area contributed by atoms with E-state index in [-0.39, 0.29) is 11.3 Å². The molecule has 0 spiro atoms. The third kappa shape index (κ3) is 5.37. The lowest BCUT2D eigenvalue weighted by molar-refractivity contribution is -0.116. The lowest BCUT2D eigenvalue weighted by Crippen LogP contribution is -2.14. The predicted octanol–water partition coefficient (Wildman–Crippen LogP) is 5.11. The zero-order valence-electron chi connectivity index (χ0n) is 15.2. The summed E-state index contributed by atoms with van der Waals surface area (Å²) in [7, 11) is 0. The number of aromatic nitrogens is 1. The first-order chi connectivity index (χ1) is 11.2. The third-order valence-corrected chi connectivity index (χ3v) is 3.66. The number of nitrogens with one attached hydrogen (secondary N) is 2. The second kappa shape index (κ2) is 7.47. The number of nitrogens with zero attached hydrogens (tertiary/aromatic N) is 1. The minimum absolute atomic E-state index is 0.00372. The average Bonchev–Trinajstić information content (AvgIpc) is 2.48. The fourth-order valence-electron chi connectivity index (χ4n) is 2.33. The number of hydrogen-bond acceptors (Lipinski definition) is 3. The third-order valence-electron chi connectivity index (χ3n) is 3.66. The van der Waals surface area contributed by atoms with E-state index in [1.165, 1.54) is 5.56 Å². The van der Waals surface area contributed by atoms with Gasteiger partial charge in [0.1, 0.15) is 5.82 Å². The number of anilines is 3. The molecule has 4 heteroatoms. The van der Waals surface area contributed by atoms with Gasteiger partial charge >= 0.3 is 0 Å². The topological polar surface area (TPSA) is 54.0 Å². The van der Waals surface area contributed by atoms with Crippen LogP contribution in [0.15, 0.2) is 42.6 Å². The molecule has 0 aliphatic carbocycles. The summed E-state index contributed by atoms with van der Waals surface area (Å²) in [5.74, 6) is 0.910. The molecular weight excluding hydrogens is 298 g/mol. The molecule has 0 fully saturated rings. The molecule has 2 aromatic rings. The monoisotopic (exact) mass is 325 g/mol. The van der Waals surface area contributed by atoms with Gasteiger partial charge in [0.05, 0.1) is 11.9 Å². The maximum Gasteiger partial charge on any atom is 0.225 e. The fraction of sp³-hybridized carbons (Fsp3) is 0.400. The molecule has 24 heavy (non-hydrogen) atoms. The van der Waals surface area contributed by atoms with Crippen LogP contribution in [0.25, 0.3) is 0 Å². The van der Waals surface area contributed by atoms with Crippen molar-refractivity contribution in [3.8, 4) is 0 Å². The molecule has 0 saturated heterocycles. The summed E-state index contributed by atoms with van der Waals surface area (Å²) < 4.78 is 0. The predicted molar refractivity (Wildman–Crippen MR) is 101 cm³/mol. The molecule has 0 aliphatic heterocycles. The molecule has 1 amide bonds. The quantitative estimate of drug-likeness (QED) is 0.803. The maximum atomic E-state index is 11.7. The molecule has 1 heterocycles. The van der Waals surface area contributed by atoms with Gasteiger partial charge in [0.2, 0.25) is 5.91 Å². The fourth-order valence-corrected chi connectivity index (χ4v) is 2.33. The number of carbonyl (C=O) groups is 1. The molecular formula is C20H27N3O. The lowest BCUT2D eigenvalue weighted by Gasteiger charge is -2.19. The zero-order chi connectivity index (χ0) is 17.7. The van der Waals surface area contributed by atoms with Crippen molar-refractivity contribution in [3.63, 3.8) is 0 Å². The molecule has 0 saturated carbocycles. The molecule has 2 N–H and O–H groups in total. The number of carbonyl (C=O) groups excluding carboxylic acids is 1. The summed E-state index contributed by atoms with van der Waals surface area (Å²) in [4.78, 5) is 16.0. The molecule has 0 aliphatic rings. The van der Waals surface area contributed by atoms with E-state index in [0.29, 0.717) is 18.2 Å². The molecule has 1 aromatic carbocycles. The van der Waals surface area contributed by atoms with Crippen LogP contribution in [0, 0.1) is 5.92 Å². The Morgan fingerprint density at radius 1 is 1.04 bits per heavy atom. The molecule has 2 rings (SSSR count). The van der Waals surface area contributed by atoms with E-state index in [4.69, 9.17) is 0 Å². The van der Waals surface area contributed by atoms with Crippen molar-refractivity contribution in [1.29, 1.82) is 0 Å². The highest BCUT2D eigenvalue weighted by molar-refractivity contribution is 5.89. The molecule has 0 radical (unpaired) electrons. The Kier molecular flexibility index (Phi) is 5.60. The average molecular weight is 325 g/mol. The Morgan fingerprint density at radius 3 is 2.17 bits per heavy atom. The minimum atomic E-state index is -0.00372. The van der Waals surface area contributed by atoms with Crippen LogP contribution in [0.5, 0.6) is 0 Å².